The number of amides is 2. The van der Waals surface area contributed by atoms with E-state index in [0.717, 1.165) is 50.8 Å². The minimum absolute atomic E-state index is 0.113. The fraction of sp³-hybridized carbons (Fsp3) is 0.529. The van der Waals surface area contributed by atoms with E-state index in [1.165, 1.54) is 6.07 Å². The van der Waals surface area contributed by atoms with Crippen molar-refractivity contribution >= 4 is 23.4 Å². The molecule has 1 aromatic rings. The molecule has 2 fully saturated rings. The van der Waals surface area contributed by atoms with Crippen LogP contribution in [-0.2, 0) is 16.1 Å². The first-order valence-corrected chi connectivity index (χ1v) is 8.42. The van der Waals surface area contributed by atoms with Crippen LogP contribution < -0.4 is 5.32 Å². The Morgan fingerprint density at radius 1 is 1.13 bits per heavy atom. The molecule has 1 aromatic carbocycles. The second kappa shape index (κ2) is 8.87. The van der Waals surface area contributed by atoms with E-state index in [4.69, 9.17) is 11.6 Å². The van der Waals surface area contributed by atoms with Gasteiger partial charge in [0.2, 0.25) is 11.8 Å². The Kier molecular flexibility index (Phi) is 6.84. The highest BCUT2D eigenvalue weighted by atomic mass is 35.5. The summed E-state index contributed by atoms with van der Waals surface area (Å²) in [5, 5.41) is 2.86. The average Bonchev–Trinajstić information content (AvgIpc) is 2.54. The van der Waals surface area contributed by atoms with E-state index in [9.17, 15) is 14.0 Å². The van der Waals surface area contributed by atoms with E-state index in [-0.39, 0.29) is 16.8 Å². The third-order valence-corrected chi connectivity index (χ3v) is 4.22. The predicted molar refractivity (Wildman–Crippen MR) is 87.5 cm³/mol. The predicted octanol–water partition coefficient (Wildman–Crippen LogP) is 3.28. The maximum absolute atomic E-state index is 12.9. The maximum atomic E-state index is 12.9. The number of rotatable bonds is 2. The smallest absolute Gasteiger partial charge is 0.222 e. The Balaban J connectivity index is 0.000000229. The van der Waals surface area contributed by atoms with E-state index in [0.29, 0.717) is 13.0 Å². The molecular weight excluding hydrogens is 319 g/mol. The average molecular weight is 341 g/mol. The first-order valence-electron chi connectivity index (χ1n) is 8.04. The Bertz CT molecular complexity index is 558. The van der Waals surface area contributed by atoms with Crippen molar-refractivity contribution in [1.82, 2.24) is 10.2 Å². The highest BCUT2D eigenvalue weighted by Gasteiger charge is 2.18. The lowest BCUT2D eigenvalue weighted by Crippen LogP contribution is -2.34. The molecule has 2 aliphatic rings. The topological polar surface area (TPSA) is 49.4 Å². The van der Waals surface area contributed by atoms with Gasteiger partial charge in [0.05, 0.1) is 5.02 Å². The third kappa shape index (κ3) is 5.82. The number of benzene rings is 1. The van der Waals surface area contributed by atoms with Crippen molar-refractivity contribution < 1.29 is 14.0 Å². The molecule has 4 nitrogen and oxygen atoms in total. The molecule has 0 atom stereocenters. The Morgan fingerprint density at radius 2 is 1.91 bits per heavy atom. The summed E-state index contributed by atoms with van der Waals surface area (Å²) in [5.41, 5.74) is 0.877. The number of nitrogens with zero attached hydrogens (tertiary/aromatic N) is 1. The standard InChI is InChI=1S/C12H13ClFNO.C5H9NO/c13-10-7-9(4-5-11(10)14)8-15-6-2-1-3-12(15)16;7-5-3-1-2-4-6-5/h4-5,7H,1-3,6,8H2;1-4H2,(H,6,7). The summed E-state index contributed by atoms with van der Waals surface area (Å²) < 4.78 is 12.9. The second-order valence-corrected chi connectivity index (χ2v) is 6.24. The fourth-order valence-electron chi connectivity index (χ4n) is 2.61. The molecule has 2 amide bonds. The van der Waals surface area contributed by atoms with Crippen LogP contribution in [0.1, 0.15) is 44.1 Å². The summed E-state index contributed by atoms with van der Waals surface area (Å²) in [6.07, 6.45) is 5.60. The summed E-state index contributed by atoms with van der Waals surface area (Å²) >= 11 is 5.69. The summed E-state index contributed by atoms with van der Waals surface area (Å²) in [5.74, 6) is -0.0339. The normalized spacial score (nSPS) is 18.1. The number of nitrogens with one attached hydrogen (secondary N) is 1. The van der Waals surface area contributed by atoms with Gasteiger partial charge in [0.15, 0.2) is 0 Å². The number of carbonyl (C=O) groups excluding carboxylic acids is 2. The van der Waals surface area contributed by atoms with E-state index in [1.807, 2.05) is 0 Å². The summed E-state index contributed by atoms with van der Waals surface area (Å²) in [4.78, 5) is 23.7. The molecule has 6 heteroatoms. The zero-order valence-corrected chi connectivity index (χ0v) is 13.9. The Hall–Kier alpha value is -1.62. The monoisotopic (exact) mass is 340 g/mol. The lowest BCUT2D eigenvalue weighted by molar-refractivity contribution is -0.133. The van der Waals surface area contributed by atoms with Crippen molar-refractivity contribution in [3.63, 3.8) is 0 Å². The van der Waals surface area contributed by atoms with Gasteiger partial charge in [-0.25, -0.2) is 4.39 Å². The molecule has 0 aromatic heterocycles. The molecule has 3 rings (SSSR count). The number of piperidine rings is 2. The van der Waals surface area contributed by atoms with Crippen molar-refractivity contribution in [3.05, 3.63) is 34.6 Å². The van der Waals surface area contributed by atoms with Gasteiger partial charge in [-0.2, -0.15) is 0 Å². The van der Waals surface area contributed by atoms with Gasteiger partial charge in [-0.3, -0.25) is 9.59 Å². The van der Waals surface area contributed by atoms with Gasteiger partial charge >= 0.3 is 0 Å². The Labute approximate surface area is 141 Å². The summed E-state index contributed by atoms with van der Waals surface area (Å²) in [6.45, 7) is 2.20. The first kappa shape index (κ1) is 17.7. The zero-order valence-electron chi connectivity index (χ0n) is 13.1. The summed E-state index contributed by atoms with van der Waals surface area (Å²) in [7, 11) is 0. The largest absolute Gasteiger partial charge is 0.356 e. The first-order chi connectivity index (χ1) is 11.1. The number of hydrogen-bond acceptors (Lipinski definition) is 2. The highest BCUT2D eigenvalue weighted by molar-refractivity contribution is 6.30. The molecule has 0 bridgehead atoms. The van der Waals surface area contributed by atoms with Gasteiger partial charge in [0, 0.05) is 32.5 Å². The number of likely N-dealkylation sites (tertiary alicyclic amines) is 1. The molecule has 0 aliphatic carbocycles. The van der Waals surface area contributed by atoms with E-state index in [1.54, 1.807) is 17.0 Å². The van der Waals surface area contributed by atoms with E-state index < -0.39 is 5.82 Å². The highest BCUT2D eigenvalue weighted by Crippen LogP contribution is 2.19. The van der Waals surface area contributed by atoms with Crippen LogP contribution in [-0.4, -0.2) is 29.8 Å². The van der Waals surface area contributed by atoms with E-state index in [2.05, 4.69) is 5.32 Å². The van der Waals surface area contributed by atoms with Crippen molar-refractivity contribution in [2.45, 2.75) is 45.1 Å². The quantitative estimate of drug-likeness (QED) is 0.898. The fourth-order valence-corrected chi connectivity index (χ4v) is 2.82. The van der Waals surface area contributed by atoms with Crippen LogP contribution in [0.25, 0.3) is 0 Å². The molecular formula is C17H22ClFN2O2. The number of hydrogen-bond donors (Lipinski definition) is 1. The molecule has 0 saturated carbocycles. The Morgan fingerprint density at radius 3 is 2.48 bits per heavy atom. The van der Waals surface area contributed by atoms with Gasteiger partial charge in [-0.15, -0.1) is 0 Å². The van der Waals surface area contributed by atoms with Crippen LogP contribution in [0.15, 0.2) is 18.2 Å². The van der Waals surface area contributed by atoms with Gasteiger partial charge in [0.25, 0.3) is 0 Å². The van der Waals surface area contributed by atoms with Gasteiger partial charge < -0.3 is 10.2 Å². The number of halogens is 2. The molecule has 23 heavy (non-hydrogen) atoms. The van der Waals surface area contributed by atoms with Crippen molar-refractivity contribution in [2.75, 3.05) is 13.1 Å². The van der Waals surface area contributed by atoms with Crippen molar-refractivity contribution in [3.8, 4) is 0 Å². The lowest BCUT2D eigenvalue weighted by Gasteiger charge is -2.26. The van der Waals surface area contributed by atoms with Crippen LogP contribution in [0.4, 0.5) is 4.39 Å². The molecule has 2 saturated heterocycles. The van der Waals surface area contributed by atoms with Crippen LogP contribution in [0.3, 0.4) is 0 Å². The van der Waals surface area contributed by atoms with Crippen LogP contribution in [0, 0.1) is 5.82 Å². The van der Waals surface area contributed by atoms with Crippen molar-refractivity contribution in [2.24, 2.45) is 0 Å². The molecule has 0 spiro atoms. The van der Waals surface area contributed by atoms with E-state index >= 15 is 0 Å². The van der Waals surface area contributed by atoms with Gasteiger partial charge in [0.1, 0.15) is 5.82 Å². The van der Waals surface area contributed by atoms with Crippen LogP contribution in [0.2, 0.25) is 5.02 Å². The molecule has 1 N–H and O–H groups in total. The number of carbonyl (C=O) groups is 2. The van der Waals surface area contributed by atoms with Gasteiger partial charge in [-0.1, -0.05) is 17.7 Å². The minimum Gasteiger partial charge on any atom is -0.356 e. The lowest BCUT2D eigenvalue weighted by atomic mass is 10.1. The summed E-state index contributed by atoms with van der Waals surface area (Å²) in [6, 6.07) is 4.59. The van der Waals surface area contributed by atoms with Crippen LogP contribution >= 0.6 is 11.6 Å². The van der Waals surface area contributed by atoms with Gasteiger partial charge in [-0.05, 0) is 43.4 Å². The SMILES string of the molecule is O=C1CCCCN1.O=C1CCCCN1Cc1ccc(F)c(Cl)c1. The molecule has 2 aliphatic heterocycles. The maximum Gasteiger partial charge on any atom is 0.222 e. The minimum atomic E-state index is -0.421. The molecule has 0 radical (unpaired) electrons. The molecule has 2 heterocycles. The third-order valence-electron chi connectivity index (χ3n) is 3.93. The zero-order chi connectivity index (χ0) is 16.7. The molecule has 0 unspecified atom stereocenters. The van der Waals surface area contributed by atoms with Crippen molar-refractivity contribution in [1.29, 1.82) is 0 Å². The molecule has 126 valence electrons. The second-order valence-electron chi connectivity index (χ2n) is 5.83. The van der Waals surface area contributed by atoms with Crippen LogP contribution in [0.5, 0.6) is 0 Å².